The fourth-order valence-electron chi connectivity index (χ4n) is 2.55. The number of benzene rings is 1. The molecule has 0 atom stereocenters. The molecule has 0 saturated heterocycles. The lowest BCUT2D eigenvalue weighted by Gasteiger charge is -2.21. The monoisotopic (exact) mass is 392 g/mol. The van der Waals surface area contributed by atoms with Gasteiger partial charge in [-0.25, -0.2) is 4.98 Å². The number of hydrogen-bond acceptors (Lipinski definition) is 5. The smallest absolute Gasteiger partial charge is 0.405 e. The number of hydrogen-bond donors (Lipinski definition) is 1. The Bertz CT molecular complexity index is 878. The Morgan fingerprint density at radius 1 is 1.36 bits per heavy atom. The molecule has 0 radical (unpaired) electrons. The lowest BCUT2D eigenvalue weighted by molar-refractivity contribution is -0.275. The summed E-state index contributed by atoms with van der Waals surface area (Å²) in [6.45, 7) is 2.25. The maximum atomic E-state index is 12.9. The summed E-state index contributed by atoms with van der Waals surface area (Å²) in [7, 11) is 1.71. The SMILES string of the molecule is CCNC(=O)c1cccc(CCN(C)c2cc(C#N)ccn2)c1OC(F)(F)F. The number of anilines is 1. The van der Waals surface area contributed by atoms with E-state index in [1.807, 2.05) is 6.07 Å². The van der Waals surface area contributed by atoms with Gasteiger partial charge in [0.2, 0.25) is 0 Å². The zero-order valence-corrected chi connectivity index (χ0v) is 15.4. The number of halogens is 3. The number of amides is 1. The fourth-order valence-corrected chi connectivity index (χ4v) is 2.55. The van der Waals surface area contributed by atoms with Crippen molar-refractivity contribution in [2.45, 2.75) is 19.7 Å². The summed E-state index contributed by atoms with van der Waals surface area (Å²) in [4.78, 5) is 18.0. The number of pyridine rings is 1. The van der Waals surface area contributed by atoms with Gasteiger partial charge in [-0.15, -0.1) is 13.2 Å². The van der Waals surface area contributed by atoms with E-state index in [1.165, 1.54) is 24.4 Å². The van der Waals surface area contributed by atoms with Gasteiger partial charge in [-0.3, -0.25) is 4.79 Å². The Labute approximate surface area is 160 Å². The second-order valence-corrected chi connectivity index (χ2v) is 5.89. The summed E-state index contributed by atoms with van der Waals surface area (Å²) in [5.74, 6) is -0.634. The second-order valence-electron chi connectivity index (χ2n) is 5.89. The number of likely N-dealkylation sites (N-methyl/N-ethyl adjacent to an activating group) is 1. The predicted molar refractivity (Wildman–Crippen MR) is 97.1 cm³/mol. The van der Waals surface area contributed by atoms with Gasteiger partial charge in [0.1, 0.15) is 11.6 Å². The third kappa shape index (κ3) is 5.61. The maximum Gasteiger partial charge on any atom is 0.573 e. The van der Waals surface area contributed by atoms with Crippen LogP contribution in [0.4, 0.5) is 19.0 Å². The van der Waals surface area contributed by atoms with Crippen LogP contribution in [0.2, 0.25) is 0 Å². The van der Waals surface area contributed by atoms with Gasteiger partial charge in [0, 0.05) is 26.3 Å². The van der Waals surface area contributed by atoms with E-state index in [0.717, 1.165) is 0 Å². The highest BCUT2D eigenvalue weighted by molar-refractivity contribution is 5.97. The molecule has 1 heterocycles. The maximum absolute atomic E-state index is 12.9. The predicted octanol–water partition coefficient (Wildman–Crippen LogP) is 3.28. The van der Waals surface area contributed by atoms with Crippen LogP contribution in [0.25, 0.3) is 0 Å². The average molecular weight is 392 g/mol. The van der Waals surface area contributed by atoms with Crippen molar-refractivity contribution in [1.82, 2.24) is 10.3 Å². The Hall–Kier alpha value is -3.28. The van der Waals surface area contributed by atoms with Crippen LogP contribution in [0.3, 0.4) is 0 Å². The minimum Gasteiger partial charge on any atom is -0.405 e. The van der Waals surface area contributed by atoms with E-state index in [9.17, 15) is 18.0 Å². The van der Waals surface area contributed by atoms with Crippen molar-refractivity contribution in [1.29, 1.82) is 5.26 Å². The van der Waals surface area contributed by atoms with Gasteiger partial charge in [-0.2, -0.15) is 5.26 Å². The van der Waals surface area contributed by atoms with Crippen LogP contribution in [0.15, 0.2) is 36.5 Å². The molecule has 0 bridgehead atoms. The molecule has 1 amide bonds. The van der Waals surface area contributed by atoms with E-state index in [4.69, 9.17) is 5.26 Å². The Morgan fingerprint density at radius 2 is 2.11 bits per heavy atom. The molecule has 9 heteroatoms. The molecule has 28 heavy (non-hydrogen) atoms. The minimum absolute atomic E-state index is 0.174. The quantitative estimate of drug-likeness (QED) is 0.782. The molecule has 1 N–H and O–H groups in total. The second kappa shape index (κ2) is 9.08. The Balaban J connectivity index is 2.27. The third-order valence-electron chi connectivity index (χ3n) is 3.88. The van der Waals surface area contributed by atoms with Crippen molar-refractivity contribution in [3.8, 4) is 11.8 Å². The summed E-state index contributed by atoms with van der Waals surface area (Å²) < 4.78 is 42.8. The van der Waals surface area contributed by atoms with Gasteiger partial charge >= 0.3 is 6.36 Å². The molecule has 0 aliphatic heterocycles. The highest BCUT2D eigenvalue weighted by atomic mass is 19.4. The van der Waals surface area contributed by atoms with Crippen LogP contribution in [0.5, 0.6) is 5.75 Å². The number of nitrogens with zero attached hydrogens (tertiary/aromatic N) is 3. The molecule has 148 valence electrons. The van der Waals surface area contributed by atoms with Crippen molar-refractivity contribution in [3.05, 3.63) is 53.2 Å². The summed E-state index contributed by atoms with van der Waals surface area (Å²) in [5, 5.41) is 11.4. The van der Waals surface area contributed by atoms with Crippen molar-refractivity contribution in [2.75, 3.05) is 25.0 Å². The number of rotatable bonds is 7. The van der Waals surface area contributed by atoms with E-state index < -0.39 is 18.0 Å². The minimum atomic E-state index is -4.92. The summed E-state index contributed by atoms with van der Waals surface area (Å²) in [6, 6.07) is 9.43. The van der Waals surface area contributed by atoms with Gasteiger partial charge in [-0.1, -0.05) is 12.1 Å². The van der Waals surface area contributed by atoms with Crippen LogP contribution in [0, 0.1) is 11.3 Å². The summed E-state index contributed by atoms with van der Waals surface area (Å²) in [5.41, 5.74) is 0.490. The molecule has 0 aliphatic carbocycles. The first kappa shape index (κ1) is 21.0. The highest BCUT2D eigenvalue weighted by Gasteiger charge is 2.34. The van der Waals surface area contributed by atoms with E-state index >= 15 is 0 Å². The summed E-state index contributed by atoms with van der Waals surface area (Å²) in [6.07, 6.45) is -3.27. The van der Waals surface area contributed by atoms with E-state index in [-0.39, 0.29) is 24.1 Å². The van der Waals surface area contributed by atoms with Crippen LogP contribution in [-0.2, 0) is 6.42 Å². The van der Waals surface area contributed by atoms with Crippen LogP contribution < -0.4 is 15.0 Å². The van der Waals surface area contributed by atoms with Crippen LogP contribution >= 0.6 is 0 Å². The standard InChI is InChI=1S/C19H19F3N4O2/c1-3-24-18(27)15-6-4-5-14(17(15)28-19(20,21)22)8-10-26(2)16-11-13(12-23)7-9-25-16/h4-7,9,11H,3,8,10H2,1-2H3,(H,24,27). The molecule has 1 aromatic carbocycles. The molecule has 1 aromatic heterocycles. The number of aromatic nitrogens is 1. The first-order valence-electron chi connectivity index (χ1n) is 8.48. The zero-order chi connectivity index (χ0) is 20.7. The first-order valence-corrected chi connectivity index (χ1v) is 8.48. The Kier molecular flexibility index (Phi) is 6.82. The van der Waals surface area contributed by atoms with E-state index in [0.29, 0.717) is 17.9 Å². The molecule has 0 fully saturated rings. The molecule has 2 rings (SSSR count). The fraction of sp³-hybridized carbons (Fsp3) is 0.316. The molecule has 0 aliphatic rings. The Morgan fingerprint density at radius 3 is 2.75 bits per heavy atom. The number of alkyl halides is 3. The normalized spacial score (nSPS) is 10.9. The summed E-state index contributed by atoms with van der Waals surface area (Å²) >= 11 is 0. The van der Waals surface area contributed by atoms with Gasteiger partial charge < -0.3 is 15.0 Å². The average Bonchev–Trinajstić information content (AvgIpc) is 2.65. The topological polar surface area (TPSA) is 78.3 Å². The van der Waals surface area contributed by atoms with Crippen molar-refractivity contribution in [2.24, 2.45) is 0 Å². The third-order valence-corrected chi connectivity index (χ3v) is 3.88. The molecule has 0 unspecified atom stereocenters. The lowest BCUT2D eigenvalue weighted by atomic mass is 10.0. The molecular weight excluding hydrogens is 373 g/mol. The molecular formula is C19H19F3N4O2. The number of nitrogens with one attached hydrogen (secondary N) is 1. The van der Waals surface area contributed by atoms with Crippen molar-refractivity contribution in [3.63, 3.8) is 0 Å². The van der Waals surface area contributed by atoms with Crippen molar-refractivity contribution < 1.29 is 22.7 Å². The van der Waals surface area contributed by atoms with Gasteiger partial charge in [-0.05, 0) is 37.1 Å². The van der Waals surface area contributed by atoms with Crippen molar-refractivity contribution >= 4 is 11.7 Å². The highest BCUT2D eigenvalue weighted by Crippen LogP contribution is 2.31. The van der Waals surface area contributed by atoms with Crippen LogP contribution in [-0.4, -0.2) is 37.4 Å². The number of para-hydroxylation sites is 1. The number of carbonyl (C=O) groups excluding carboxylic acids is 1. The molecule has 6 nitrogen and oxygen atoms in total. The van der Waals surface area contributed by atoms with Gasteiger partial charge in [0.25, 0.3) is 5.91 Å². The molecule has 2 aromatic rings. The van der Waals surface area contributed by atoms with Gasteiger partial charge in [0.15, 0.2) is 0 Å². The zero-order valence-electron chi connectivity index (χ0n) is 15.4. The number of carbonyl (C=O) groups is 1. The van der Waals surface area contributed by atoms with E-state index in [2.05, 4.69) is 15.0 Å². The number of ether oxygens (including phenoxy) is 1. The van der Waals surface area contributed by atoms with Crippen LogP contribution in [0.1, 0.15) is 28.4 Å². The first-order chi connectivity index (χ1) is 13.2. The molecule has 0 spiro atoms. The lowest BCUT2D eigenvalue weighted by Crippen LogP contribution is -2.27. The largest absolute Gasteiger partial charge is 0.573 e. The van der Waals surface area contributed by atoms with E-state index in [1.54, 1.807) is 31.0 Å². The molecule has 0 saturated carbocycles. The van der Waals surface area contributed by atoms with Gasteiger partial charge in [0.05, 0.1) is 17.2 Å². The number of nitriles is 1.